The van der Waals surface area contributed by atoms with Crippen molar-refractivity contribution in [3.05, 3.63) is 65.4 Å². The number of benzene rings is 1. The van der Waals surface area contributed by atoms with E-state index in [-0.39, 0.29) is 0 Å². The highest BCUT2D eigenvalue weighted by Crippen LogP contribution is 2.36. The van der Waals surface area contributed by atoms with Crippen LogP contribution in [0.1, 0.15) is 17.5 Å². The second-order valence-electron chi connectivity index (χ2n) is 4.95. The number of aromatic nitrogens is 1. The van der Waals surface area contributed by atoms with Gasteiger partial charge in [-0.25, -0.2) is 0 Å². The largest absolute Gasteiger partial charge is 0.364 e. The van der Waals surface area contributed by atoms with Crippen LogP contribution in [0, 0.1) is 28.6 Å². The van der Waals surface area contributed by atoms with Gasteiger partial charge in [0, 0.05) is 17.2 Å². The number of rotatable bonds is 5. The molecule has 1 heterocycles. The highest BCUT2D eigenvalue weighted by Gasteiger charge is 2.42. The van der Waals surface area contributed by atoms with Crippen LogP contribution in [0.15, 0.2) is 54.9 Å². The number of carbonyl (C=O) groups is 1. The van der Waals surface area contributed by atoms with E-state index in [0.717, 1.165) is 0 Å². The van der Waals surface area contributed by atoms with Crippen LogP contribution in [0.3, 0.4) is 0 Å². The number of pyridine rings is 1. The Balaban J connectivity index is 2.65. The van der Waals surface area contributed by atoms with Crippen molar-refractivity contribution in [3.63, 3.8) is 0 Å². The molecule has 2 aromatic rings. The topological polar surface area (TPSA) is 94.5 Å². The molecule has 0 aliphatic rings. The average molecular weight is 326 g/mol. The van der Waals surface area contributed by atoms with Crippen LogP contribution in [0.25, 0.3) is 0 Å². The van der Waals surface area contributed by atoms with Gasteiger partial charge in [-0.05, 0) is 11.6 Å². The summed E-state index contributed by atoms with van der Waals surface area (Å²) in [6, 6.07) is 15.1. The summed E-state index contributed by atoms with van der Waals surface area (Å²) in [4.78, 5) is 12.1. The first-order valence-electron chi connectivity index (χ1n) is 6.89. The number of nitrogens with two attached hydrogens (primary N) is 1. The number of hydrogen-bond donors (Lipinski definition) is 1. The first-order chi connectivity index (χ1) is 11.1. The van der Waals surface area contributed by atoms with Gasteiger partial charge in [0.1, 0.15) is 5.92 Å². The van der Waals surface area contributed by atoms with Gasteiger partial charge < -0.3 is 5.73 Å². The molecule has 0 aliphatic heterocycles. The predicted octanol–water partition coefficient (Wildman–Crippen LogP) is 2.10. The first kappa shape index (κ1) is 16.5. The summed E-state index contributed by atoms with van der Waals surface area (Å²) in [6.07, 6.45) is 3.34. The van der Waals surface area contributed by atoms with Crippen molar-refractivity contribution in [2.45, 2.75) is 12.0 Å². The summed E-state index contributed by atoms with van der Waals surface area (Å²) < 4.78 is 1.60. The number of nitrogens with zero attached hydrogens (tertiary/aromatic N) is 3. The molecule has 2 rings (SSSR count). The minimum atomic E-state index is -1.07. The molecule has 0 saturated carbocycles. The Morgan fingerprint density at radius 3 is 2.22 bits per heavy atom. The fourth-order valence-corrected chi connectivity index (χ4v) is 2.84. The van der Waals surface area contributed by atoms with E-state index in [1.54, 1.807) is 59.4 Å². The molecule has 0 spiro atoms. The van der Waals surface area contributed by atoms with Crippen molar-refractivity contribution in [3.8, 4) is 12.1 Å². The van der Waals surface area contributed by atoms with Gasteiger partial charge in [0.15, 0.2) is 12.4 Å². The van der Waals surface area contributed by atoms with Crippen molar-refractivity contribution in [2.24, 2.45) is 11.7 Å². The Labute approximate surface area is 139 Å². The van der Waals surface area contributed by atoms with E-state index in [1.807, 2.05) is 12.1 Å². The van der Waals surface area contributed by atoms with Gasteiger partial charge in [-0.15, -0.1) is 0 Å². The van der Waals surface area contributed by atoms with Crippen molar-refractivity contribution in [1.29, 1.82) is 10.5 Å². The zero-order valence-corrected chi connectivity index (χ0v) is 12.9. The van der Waals surface area contributed by atoms with E-state index >= 15 is 0 Å². The molecular formula is C17H14ClN4O+. The molecule has 0 aliphatic carbocycles. The lowest BCUT2D eigenvalue weighted by Crippen LogP contribution is -2.50. The van der Waals surface area contributed by atoms with Gasteiger partial charge in [-0.3, -0.25) is 4.79 Å². The fourth-order valence-electron chi connectivity index (χ4n) is 2.57. The highest BCUT2D eigenvalue weighted by molar-refractivity contribution is 6.31. The Kier molecular flexibility index (Phi) is 5.30. The molecule has 2 N–H and O–H groups in total. The molecule has 5 nitrogen and oxygen atoms in total. The molecule has 0 radical (unpaired) electrons. The second-order valence-corrected chi connectivity index (χ2v) is 5.36. The maximum absolute atomic E-state index is 12.1. The lowest BCUT2D eigenvalue weighted by molar-refractivity contribution is -0.712. The second kappa shape index (κ2) is 7.40. The maximum atomic E-state index is 12.1. The maximum Gasteiger partial charge on any atom is 0.287 e. The van der Waals surface area contributed by atoms with E-state index in [4.69, 9.17) is 17.3 Å². The van der Waals surface area contributed by atoms with E-state index in [1.165, 1.54) is 0 Å². The molecule has 0 bridgehead atoms. The minimum absolute atomic E-state index is 0.385. The lowest BCUT2D eigenvalue weighted by Gasteiger charge is -2.22. The molecule has 2 atom stereocenters. The van der Waals surface area contributed by atoms with E-state index in [0.29, 0.717) is 10.6 Å². The van der Waals surface area contributed by atoms with Crippen molar-refractivity contribution in [1.82, 2.24) is 0 Å². The first-order valence-corrected chi connectivity index (χ1v) is 7.26. The Hall–Kier alpha value is -2.89. The third kappa shape index (κ3) is 3.48. The van der Waals surface area contributed by atoms with E-state index in [9.17, 15) is 15.3 Å². The summed E-state index contributed by atoms with van der Waals surface area (Å²) in [7, 11) is 0. The summed E-state index contributed by atoms with van der Waals surface area (Å²) in [6.45, 7) is 0. The standard InChI is InChI=1S/C17H13ClN4O/c18-14-7-3-2-6-13(14)15(12(10-19)11-20)16(17(21)23)22-8-4-1-5-9-22/h1-9,12,15-16H,(H-,21,23)/p+1/t15-,16-/m0/s1. The molecule has 1 amide bonds. The van der Waals surface area contributed by atoms with Crippen molar-refractivity contribution < 1.29 is 9.36 Å². The monoisotopic (exact) mass is 325 g/mol. The summed E-state index contributed by atoms with van der Waals surface area (Å²) in [5.74, 6) is -2.48. The van der Waals surface area contributed by atoms with E-state index in [2.05, 4.69) is 0 Å². The molecule has 1 aromatic carbocycles. The number of amides is 1. The number of carbonyl (C=O) groups excluding carboxylic acids is 1. The number of primary amides is 1. The summed E-state index contributed by atoms with van der Waals surface area (Å²) in [5.41, 5.74) is 6.13. The van der Waals surface area contributed by atoms with Crippen LogP contribution < -0.4 is 10.3 Å². The SMILES string of the molecule is N#CC(C#N)[C@@H](c1ccccc1Cl)[C@@H](C(N)=O)[n+]1ccccc1. The van der Waals surface area contributed by atoms with Gasteiger partial charge in [0.2, 0.25) is 6.04 Å². The third-order valence-electron chi connectivity index (χ3n) is 3.59. The number of nitriles is 2. The molecule has 23 heavy (non-hydrogen) atoms. The Morgan fingerprint density at radius 2 is 1.70 bits per heavy atom. The highest BCUT2D eigenvalue weighted by atomic mass is 35.5. The van der Waals surface area contributed by atoms with Crippen LogP contribution in [0.5, 0.6) is 0 Å². The van der Waals surface area contributed by atoms with E-state index < -0.39 is 23.8 Å². The zero-order valence-electron chi connectivity index (χ0n) is 12.1. The quantitative estimate of drug-likeness (QED) is 0.853. The van der Waals surface area contributed by atoms with Crippen LogP contribution in [0.2, 0.25) is 5.02 Å². The van der Waals surface area contributed by atoms with Crippen LogP contribution in [-0.2, 0) is 4.79 Å². The predicted molar refractivity (Wildman–Crippen MR) is 83.8 cm³/mol. The molecule has 1 aromatic heterocycles. The molecule has 0 unspecified atom stereocenters. The third-order valence-corrected chi connectivity index (χ3v) is 3.94. The molecule has 0 fully saturated rings. The molecule has 114 valence electrons. The lowest BCUT2D eigenvalue weighted by atomic mass is 9.81. The van der Waals surface area contributed by atoms with Gasteiger partial charge in [0.25, 0.3) is 5.91 Å². The van der Waals surface area contributed by atoms with Crippen molar-refractivity contribution in [2.75, 3.05) is 0 Å². The zero-order chi connectivity index (χ0) is 16.8. The smallest absolute Gasteiger partial charge is 0.287 e. The van der Waals surface area contributed by atoms with Gasteiger partial charge >= 0.3 is 0 Å². The fraction of sp³-hybridized carbons (Fsp3) is 0.176. The van der Waals surface area contributed by atoms with Gasteiger partial charge in [-0.2, -0.15) is 15.1 Å². The van der Waals surface area contributed by atoms with Gasteiger partial charge in [0.05, 0.1) is 18.1 Å². The minimum Gasteiger partial charge on any atom is -0.364 e. The number of halogens is 1. The molecule has 6 heteroatoms. The normalized spacial score (nSPS) is 12.9. The van der Waals surface area contributed by atoms with Crippen LogP contribution >= 0.6 is 11.6 Å². The molecular weight excluding hydrogens is 312 g/mol. The molecule has 0 saturated heterocycles. The van der Waals surface area contributed by atoms with Crippen LogP contribution in [0.4, 0.5) is 0 Å². The summed E-state index contributed by atoms with van der Waals surface area (Å²) >= 11 is 6.23. The average Bonchev–Trinajstić information content (AvgIpc) is 2.56. The van der Waals surface area contributed by atoms with Crippen molar-refractivity contribution >= 4 is 17.5 Å². The Bertz CT molecular complexity index is 765. The van der Waals surface area contributed by atoms with Gasteiger partial charge in [-0.1, -0.05) is 35.9 Å². The number of hydrogen-bond acceptors (Lipinski definition) is 3. The summed E-state index contributed by atoms with van der Waals surface area (Å²) in [5, 5.41) is 19.1. The van der Waals surface area contributed by atoms with Crippen LogP contribution in [-0.4, -0.2) is 5.91 Å². The Morgan fingerprint density at radius 1 is 1.09 bits per heavy atom.